The molecule has 1 saturated carbocycles. The van der Waals surface area contributed by atoms with Crippen molar-refractivity contribution in [1.29, 1.82) is 0 Å². The second-order valence-corrected chi connectivity index (χ2v) is 10.4. The zero-order valence-electron chi connectivity index (χ0n) is 16.3. The van der Waals surface area contributed by atoms with Crippen LogP contribution in [0.15, 0.2) is 59.4 Å². The Bertz CT molecular complexity index is 1110. The van der Waals surface area contributed by atoms with Crippen molar-refractivity contribution in [3.63, 3.8) is 0 Å². The molecular weight excluding hydrogens is 538 g/mol. The van der Waals surface area contributed by atoms with E-state index in [1.807, 2.05) is 0 Å². The van der Waals surface area contributed by atoms with Gasteiger partial charge in [-0.25, -0.2) is 0 Å². The molecule has 168 valence electrons. The average Bonchev–Trinajstić information content (AvgIpc) is 3.00. The van der Waals surface area contributed by atoms with E-state index in [1.54, 1.807) is 25.1 Å². The Labute approximate surface area is 213 Å². The number of carbonyl (C=O) groups is 2. The highest BCUT2D eigenvalue weighted by molar-refractivity contribution is 7.10. The Hall–Kier alpha value is -1.61. The number of hydrogen-bond donors (Lipinski definition) is 2. The minimum atomic E-state index is -1.31. The number of allylic oxidation sites excluding steroid dienone is 3. The molecule has 6 nitrogen and oxygen atoms in total. The minimum Gasteiger partial charge on any atom is -0.326 e. The fourth-order valence-corrected chi connectivity index (χ4v) is 4.87. The highest BCUT2D eigenvalue weighted by atomic mass is 35.5. The van der Waals surface area contributed by atoms with Crippen LogP contribution in [0.25, 0.3) is 0 Å². The van der Waals surface area contributed by atoms with E-state index in [-0.39, 0.29) is 16.3 Å². The van der Waals surface area contributed by atoms with Crippen LogP contribution in [0, 0.1) is 5.92 Å². The van der Waals surface area contributed by atoms with Crippen LogP contribution in [0.2, 0.25) is 10.0 Å². The van der Waals surface area contributed by atoms with E-state index in [0.29, 0.717) is 20.6 Å². The zero-order valence-corrected chi connectivity index (χ0v) is 20.9. The first-order valence-corrected chi connectivity index (χ1v) is 11.6. The summed E-state index contributed by atoms with van der Waals surface area (Å²) >= 11 is 32.0. The summed E-state index contributed by atoms with van der Waals surface area (Å²) in [4.78, 5) is 24.9. The first kappa shape index (κ1) is 25.0. The molecule has 2 atom stereocenters. The van der Waals surface area contributed by atoms with Crippen LogP contribution < -0.4 is 10.6 Å². The number of benzene rings is 1. The first-order valence-electron chi connectivity index (χ1n) is 8.97. The molecule has 3 rings (SSSR count). The SMILES string of the molecule is C=C(/C=C\C(Cl)=C(/C)C(=O)Nc1cnns1)NC(=O)C1C(c2cc(Cl)cc(Cl)c2)C1(Cl)Cl. The second-order valence-electron chi connectivity index (χ2n) is 6.89. The summed E-state index contributed by atoms with van der Waals surface area (Å²) in [5, 5.41) is 10.4. The smallest absolute Gasteiger partial charge is 0.253 e. The number of hydrogen-bond acceptors (Lipinski definition) is 5. The average molecular weight is 553 g/mol. The summed E-state index contributed by atoms with van der Waals surface area (Å²) in [5.74, 6) is -2.03. The van der Waals surface area contributed by atoms with Gasteiger partial charge in [-0.1, -0.05) is 45.9 Å². The molecule has 1 fully saturated rings. The van der Waals surface area contributed by atoms with Gasteiger partial charge in [0.15, 0.2) is 0 Å². The second kappa shape index (κ2) is 10.1. The third-order valence-electron chi connectivity index (χ3n) is 4.59. The third kappa shape index (κ3) is 5.84. The van der Waals surface area contributed by atoms with Gasteiger partial charge in [0.2, 0.25) is 5.91 Å². The molecule has 2 aromatic rings. The highest BCUT2D eigenvalue weighted by Crippen LogP contribution is 2.65. The summed E-state index contributed by atoms with van der Waals surface area (Å²) in [7, 11) is 0. The largest absolute Gasteiger partial charge is 0.326 e. The van der Waals surface area contributed by atoms with E-state index in [1.165, 1.54) is 18.3 Å². The van der Waals surface area contributed by atoms with Crippen LogP contribution in [0.3, 0.4) is 0 Å². The minimum absolute atomic E-state index is 0.164. The number of anilines is 1. The van der Waals surface area contributed by atoms with E-state index < -0.39 is 28.0 Å². The molecule has 0 aliphatic heterocycles. The van der Waals surface area contributed by atoms with E-state index in [4.69, 9.17) is 58.0 Å². The van der Waals surface area contributed by atoms with Crippen LogP contribution in [-0.4, -0.2) is 25.7 Å². The van der Waals surface area contributed by atoms with E-state index in [2.05, 4.69) is 26.8 Å². The molecule has 2 unspecified atom stereocenters. The Balaban J connectivity index is 1.62. The molecular formula is C20H15Cl5N4O2S. The summed E-state index contributed by atoms with van der Waals surface area (Å²) < 4.78 is 2.35. The van der Waals surface area contributed by atoms with Gasteiger partial charge in [0, 0.05) is 43.8 Å². The number of rotatable bonds is 7. The molecule has 1 aromatic heterocycles. The quantitative estimate of drug-likeness (QED) is 0.248. The number of alkyl halides is 2. The molecule has 0 bridgehead atoms. The predicted molar refractivity (Wildman–Crippen MR) is 131 cm³/mol. The summed E-state index contributed by atoms with van der Waals surface area (Å²) in [6.07, 6.45) is 4.33. The van der Waals surface area contributed by atoms with Crippen molar-refractivity contribution in [2.24, 2.45) is 5.92 Å². The molecule has 2 N–H and O–H groups in total. The molecule has 0 saturated heterocycles. The number of aromatic nitrogens is 2. The number of nitrogens with zero attached hydrogens (tertiary/aromatic N) is 2. The number of amides is 2. The van der Waals surface area contributed by atoms with Gasteiger partial charge in [-0.15, -0.1) is 28.3 Å². The number of carbonyl (C=O) groups excluding carboxylic acids is 2. The van der Waals surface area contributed by atoms with Crippen LogP contribution in [-0.2, 0) is 9.59 Å². The van der Waals surface area contributed by atoms with Gasteiger partial charge in [0.1, 0.15) is 9.33 Å². The van der Waals surface area contributed by atoms with Crippen LogP contribution in [0.1, 0.15) is 18.4 Å². The normalized spacial score (nSPS) is 19.9. The van der Waals surface area contributed by atoms with E-state index in [0.717, 1.165) is 11.5 Å². The third-order valence-corrected chi connectivity index (χ3v) is 6.96. The van der Waals surface area contributed by atoms with E-state index in [9.17, 15) is 9.59 Å². The molecule has 0 spiro atoms. The lowest BCUT2D eigenvalue weighted by Gasteiger charge is -2.06. The molecule has 1 aromatic carbocycles. The monoisotopic (exact) mass is 550 g/mol. The van der Waals surface area contributed by atoms with Crippen molar-refractivity contribution in [3.8, 4) is 0 Å². The predicted octanol–water partition coefficient (Wildman–Crippen LogP) is 6.07. The van der Waals surface area contributed by atoms with Gasteiger partial charge in [-0.3, -0.25) is 9.59 Å². The van der Waals surface area contributed by atoms with Crippen molar-refractivity contribution < 1.29 is 9.59 Å². The van der Waals surface area contributed by atoms with E-state index >= 15 is 0 Å². The van der Waals surface area contributed by atoms with Crippen molar-refractivity contribution in [1.82, 2.24) is 14.9 Å². The standard InChI is InChI=1S/C20H15Cl5N4O2S/c1-9(3-4-14(23)10(2)18(30)28-15-8-26-29-32-15)27-19(31)17-16(20(17,24)25)11-5-12(21)7-13(22)6-11/h3-8,16-17H,1H2,2H3,(H,27,31)(H,28,30)/b4-3-,14-10-. The first-order chi connectivity index (χ1) is 15.0. The highest BCUT2D eigenvalue weighted by Gasteiger charge is 2.67. The Morgan fingerprint density at radius 2 is 1.84 bits per heavy atom. The Kier molecular flexibility index (Phi) is 7.91. The molecule has 1 aliphatic carbocycles. The maximum Gasteiger partial charge on any atom is 0.253 e. The van der Waals surface area contributed by atoms with Gasteiger partial charge >= 0.3 is 0 Å². The lowest BCUT2D eigenvalue weighted by atomic mass is 10.1. The fraction of sp³-hybridized carbons (Fsp3) is 0.200. The Morgan fingerprint density at radius 1 is 1.19 bits per heavy atom. The van der Waals surface area contributed by atoms with Crippen molar-refractivity contribution in [2.45, 2.75) is 17.2 Å². The molecule has 1 aliphatic rings. The number of halogens is 5. The maximum absolute atomic E-state index is 12.7. The summed E-state index contributed by atoms with van der Waals surface area (Å²) in [5.41, 5.74) is 1.17. The molecule has 32 heavy (non-hydrogen) atoms. The lowest BCUT2D eigenvalue weighted by molar-refractivity contribution is -0.121. The topological polar surface area (TPSA) is 84.0 Å². The molecule has 1 heterocycles. The van der Waals surface area contributed by atoms with Crippen molar-refractivity contribution >= 4 is 86.4 Å². The zero-order chi connectivity index (χ0) is 23.6. The maximum atomic E-state index is 12.7. The van der Waals surface area contributed by atoms with Crippen LogP contribution in [0.4, 0.5) is 5.00 Å². The van der Waals surface area contributed by atoms with Gasteiger partial charge in [0.05, 0.1) is 12.1 Å². The molecule has 12 heteroatoms. The van der Waals surface area contributed by atoms with Gasteiger partial charge in [-0.2, -0.15) is 0 Å². The van der Waals surface area contributed by atoms with Crippen molar-refractivity contribution in [3.05, 3.63) is 75.0 Å². The van der Waals surface area contributed by atoms with Gasteiger partial charge in [0.25, 0.3) is 5.91 Å². The summed E-state index contributed by atoms with van der Waals surface area (Å²) in [6, 6.07) is 4.91. The van der Waals surface area contributed by atoms with Crippen LogP contribution >= 0.6 is 69.5 Å². The Morgan fingerprint density at radius 3 is 2.44 bits per heavy atom. The lowest BCUT2D eigenvalue weighted by Crippen LogP contribution is -2.25. The van der Waals surface area contributed by atoms with Crippen molar-refractivity contribution in [2.75, 3.05) is 5.32 Å². The van der Waals surface area contributed by atoms with Crippen LogP contribution in [0.5, 0.6) is 0 Å². The van der Waals surface area contributed by atoms with Gasteiger partial charge < -0.3 is 10.6 Å². The van der Waals surface area contributed by atoms with Gasteiger partial charge in [-0.05, 0) is 42.8 Å². The summed E-state index contributed by atoms with van der Waals surface area (Å²) in [6.45, 7) is 5.33. The molecule has 2 amide bonds. The fourth-order valence-electron chi connectivity index (χ4n) is 2.94. The molecule has 0 radical (unpaired) electrons. The number of nitrogens with one attached hydrogen (secondary N) is 2.